The summed E-state index contributed by atoms with van der Waals surface area (Å²) in [6.45, 7) is 5.51. The Morgan fingerprint density at radius 3 is 2.47 bits per heavy atom. The average molecular weight is 677 g/mol. The van der Waals surface area contributed by atoms with Crippen molar-refractivity contribution in [1.29, 1.82) is 0 Å². The second kappa shape index (κ2) is 14.8. The van der Waals surface area contributed by atoms with Crippen LogP contribution in [-0.2, 0) is 10.5 Å². The van der Waals surface area contributed by atoms with Gasteiger partial charge in [-0.1, -0.05) is 0 Å². The summed E-state index contributed by atoms with van der Waals surface area (Å²) in [5.74, 6) is -3.84. The van der Waals surface area contributed by atoms with E-state index in [1.807, 2.05) is 0 Å². The highest BCUT2D eigenvalue weighted by Gasteiger charge is 2.45. The van der Waals surface area contributed by atoms with Crippen LogP contribution in [0.15, 0.2) is 41.2 Å². The summed E-state index contributed by atoms with van der Waals surface area (Å²) >= 11 is 1.67. The SMILES string of the molecule is O=c1[nH]c(CSC2CCOCC2)nc2cc(OCC3CCN(CCN4CCN(c5ccc([N+](=O)[O-])cc5)CC4)CC3(F)F)cc(F)c12. The fraction of sp³-hybridized carbons (Fsp3) is 0.562. The first kappa shape index (κ1) is 33.5. The minimum atomic E-state index is -2.98. The number of anilines is 1. The third kappa shape index (κ3) is 8.37. The smallest absolute Gasteiger partial charge is 0.269 e. The molecule has 0 spiro atoms. The van der Waals surface area contributed by atoms with Gasteiger partial charge in [-0.05, 0) is 37.9 Å². The van der Waals surface area contributed by atoms with Crippen LogP contribution in [0.1, 0.15) is 25.1 Å². The second-order valence-electron chi connectivity index (χ2n) is 12.4. The monoisotopic (exact) mass is 676 g/mol. The lowest BCUT2D eigenvalue weighted by Crippen LogP contribution is -2.53. The minimum absolute atomic E-state index is 0.0575. The number of hydrogen-bond donors (Lipinski definition) is 1. The van der Waals surface area contributed by atoms with Crippen molar-refractivity contribution in [2.45, 2.75) is 36.2 Å². The molecular formula is C32H39F3N6O5S. The quantitative estimate of drug-likeness (QED) is 0.229. The molecule has 6 rings (SSSR count). The number of likely N-dealkylation sites (tertiary alicyclic amines) is 1. The van der Waals surface area contributed by atoms with Gasteiger partial charge in [-0.3, -0.25) is 24.7 Å². The number of nitrogens with zero attached hydrogens (tertiary/aromatic N) is 5. The van der Waals surface area contributed by atoms with Crippen LogP contribution in [0.4, 0.5) is 24.5 Å². The zero-order valence-corrected chi connectivity index (χ0v) is 26.9. The Hall–Kier alpha value is -3.40. The van der Waals surface area contributed by atoms with E-state index in [0.717, 1.165) is 50.8 Å². The van der Waals surface area contributed by atoms with Crippen LogP contribution in [0.2, 0.25) is 0 Å². The highest BCUT2D eigenvalue weighted by atomic mass is 32.2. The highest BCUT2D eigenvalue weighted by Crippen LogP contribution is 2.34. The molecule has 1 N–H and O–H groups in total. The molecule has 0 aliphatic carbocycles. The molecule has 3 aliphatic rings. The minimum Gasteiger partial charge on any atom is -0.493 e. The number of piperazine rings is 1. The first-order valence-electron chi connectivity index (χ1n) is 16.0. The Bertz CT molecular complexity index is 1600. The Morgan fingerprint density at radius 2 is 1.77 bits per heavy atom. The number of H-pyrrole nitrogens is 1. The van der Waals surface area contributed by atoms with E-state index in [1.54, 1.807) is 28.8 Å². The second-order valence-corrected chi connectivity index (χ2v) is 13.7. The molecule has 0 saturated carbocycles. The van der Waals surface area contributed by atoms with E-state index in [2.05, 4.69) is 19.8 Å². The van der Waals surface area contributed by atoms with E-state index in [4.69, 9.17) is 9.47 Å². The lowest BCUT2D eigenvalue weighted by atomic mass is 9.93. The number of nitro benzene ring substituents is 1. The van der Waals surface area contributed by atoms with Gasteiger partial charge >= 0.3 is 0 Å². The van der Waals surface area contributed by atoms with Crippen molar-refractivity contribution in [3.8, 4) is 5.75 Å². The van der Waals surface area contributed by atoms with E-state index >= 15 is 8.78 Å². The Labute approximate surface area is 274 Å². The molecule has 254 valence electrons. The third-order valence-corrected chi connectivity index (χ3v) is 10.6. The van der Waals surface area contributed by atoms with Crippen LogP contribution in [0, 0.1) is 21.8 Å². The molecule has 1 atom stereocenters. The molecule has 0 bridgehead atoms. The number of piperidine rings is 1. The molecule has 15 heteroatoms. The van der Waals surface area contributed by atoms with Gasteiger partial charge in [0.25, 0.3) is 17.2 Å². The van der Waals surface area contributed by atoms with E-state index in [9.17, 15) is 19.3 Å². The molecule has 3 aromatic rings. The average Bonchev–Trinajstić information content (AvgIpc) is 3.06. The summed E-state index contributed by atoms with van der Waals surface area (Å²) in [4.78, 5) is 36.4. The largest absolute Gasteiger partial charge is 0.493 e. The van der Waals surface area contributed by atoms with Crippen LogP contribution in [0.25, 0.3) is 10.9 Å². The number of thioether (sulfide) groups is 1. The fourth-order valence-electron chi connectivity index (χ4n) is 6.39. The summed E-state index contributed by atoms with van der Waals surface area (Å²) in [5.41, 5.74) is 0.552. The van der Waals surface area contributed by atoms with Crippen molar-refractivity contribution in [2.75, 3.05) is 77.1 Å². The number of aromatic nitrogens is 2. The molecular weight excluding hydrogens is 637 g/mol. The molecule has 3 aliphatic heterocycles. The molecule has 1 unspecified atom stereocenters. The summed E-state index contributed by atoms with van der Waals surface area (Å²) in [6.07, 6.45) is 2.08. The van der Waals surface area contributed by atoms with Gasteiger partial charge in [0.1, 0.15) is 22.8 Å². The standard InChI is InChI=1S/C32H39F3N6O5S/c33-27-17-25(18-28-30(27)31(42)37-29(36-28)20-47-26-6-15-45-16-7-26)46-19-22-5-8-39(21-32(22,34)35)10-9-38-11-13-40(14-12-38)23-1-3-24(4-2-23)41(43)44/h1-4,17-18,22,26H,5-16,19-21H2,(H,36,37,42). The van der Waals surface area contributed by atoms with Crippen LogP contribution in [0.3, 0.4) is 0 Å². The topological polar surface area (TPSA) is 117 Å². The molecule has 3 fully saturated rings. The number of hydrogen-bond acceptors (Lipinski definition) is 10. The number of fused-ring (bicyclic) bond motifs is 1. The lowest BCUT2D eigenvalue weighted by Gasteiger charge is -2.40. The number of halogens is 3. The van der Waals surface area contributed by atoms with E-state index < -0.39 is 28.1 Å². The maximum atomic E-state index is 15.3. The lowest BCUT2D eigenvalue weighted by molar-refractivity contribution is -0.384. The van der Waals surface area contributed by atoms with Crippen LogP contribution < -0.4 is 15.2 Å². The number of aromatic amines is 1. The van der Waals surface area contributed by atoms with Crippen LogP contribution >= 0.6 is 11.8 Å². The van der Waals surface area contributed by atoms with Gasteiger partial charge in [-0.15, -0.1) is 0 Å². The molecule has 0 amide bonds. The highest BCUT2D eigenvalue weighted by molar-refractivity contribution is 7.99. The number of rotatable bonds is 11. The summed E-state index contributed by atoms with van der Waals surface area (Å²) in [7, 11) is 0. The first-order valence-corrected chi connectivity index (χ1v) is 17.1. The van der Waals surface area contributed by atoms with Crippen LogP contribution in [-0.4, -0.2) is 108 Å². The summed E-state index contributed by atoms with van der Waals surface area (Å²) in [5, 5.41) is 11.1. The molecule has 1 aromatic heterocycles. The van der Waals surface area contributed by atoms with Gasteiger partial charge in [0, 0.05) is 87.7 Å². The van der Waals surface area contributed by atoms with Crippen molar-refractivity contribution in [3.05, 3.63) is 68.5 Å². The normalized spacial score (nSPS) is 21.3. The van der Waals surface area contributed by atoms with E-state index in [0.29, 0.717) is 49.7 Å². The fourth-order valence-corrected chi connectivity index (χ4v) is 7.44. The zero-order chi connectivity index (χ0) is 33.0. The third-order valence-electron chi connectivity index (χ3n) is 9.21. The molecule has 4 heterocycles. The first-order chi connectivity index (χ1) is 22.6. The van der Waals surface area contributed by atoms with E-state index in [-0.39, 0.29) is 41.9 Å². The number of alkyl halides is 2. The van der Waals surface area contributed by atoms with Gasteiger partial charge in [0.15, 0.2) is 0 Å². The van der Waals surface area contributed by atoms with Gasteiger partial charge in [0.2, 0.25) is 0 Å². The van der Waals surface area contributed by atoms with Crippen molar-refractivity contribution < 1.29 is 27.6 Å². The number of nitrogens with one attached hydrogen (secondary N) is 1. The van der Waals surface area contributed by atoms with Crippen LogP contribution in [0.5, 0.6) is 5.75 Å². The number of ether oxygens (including phenoxy) is 2. The van der Waals surface area contributed by atoms with Gasteiger partial charge < -0.3 is 19.4 Å². The zero-order valence-electron chi connectivity index (χ0n) is 26.0. The van der Waals surface area contributed by atoms with Gasteiger partial charge in [-0.25, -0.2) is 18.2 Å². The molecule has 2 aromatic carbocycles. The molecule has 47 heavy (non-hydrogen) atoms. The predicted octanol–water partition coefficient (Wildman–Crippen LogP) is 4.54. The number of benzene rings is 2. The van der Waals surface area contributed by atoms with E-state index in [1.165, 1.54) is 18.2 Å². The van der Waals surface area contributed by atoms with Crippen molar-refractivity contribution in [1.82, 2.24) is 19.8 Å². The predicted molar refractivity (Wildman–Crippen MR) is 174 cm³/mol. The maximum absolute atomic E-state index is 15.3. The Morgan fingerprint density at radius 1 is 1.04 bits per heavy atom. The van der Waals surface area contributed by atoms with Crippen molar-refractivity contribution in [3.63, 3.8) is 0 Å². The van der Waals surface area contributed by atoms with Gasteiger partial charge in [-0.2, -0.15) is 11.8 Å². The maximum Gasteiger partial charge on any atom is 0.269 e. The Kier molecular flexibility index (Phi) is 10.5. The molecule has 0 radical (unpaired) electrons. The summed E-state index contributed by atoms with van der Waals surface area (Å²) in [6, 6.07) is 9.02. The number of nitro groups is 1. The summed E-state index contributed by atoms with van der Waals surface area (Å²) < 4.78 is 56.5. The molecule has 11 nitrogen and oxygen atoms in total. The number of non-ortho nitro benzene ring substituents is 1. The Balaban J connectivity index is 0.975. The van der Waals surface area contributed by atoms with Crippen molar-refractivity contribution >= 4 is 34.0 Å². The van der Waals surface area contributed by atoms with Gasteiger partial charge in [0.05, 0.1) is 35.3 Å². The molecule has 3 saturated heterocycles. The van der Waals surface area contributed by atoms with Crippen molar-refractivity contribution in [2.24, 2.45) is 5.92 Å².